The van der Waals surface area contributed by atoms with Crippen LogP contribution in [-0.4, -0.2) is 16.5 Å². The first-order valence-electron chi connectivity index (χ1n) is 5.80. The van der Waals surface area contributed by atoms with Crippen LogP contribution in [-0.2, 0) is 0 Å². The lowest BCUT2D eigenvalue weighted by Crippen LogP contribution is -2.07. The summed E-state index contributed by atoms with van der Waals surface area (Å²) in [6, 6.07) is 7.99. The van der Waals surface area contributed by atoms with Gasteiger partial charge in [-0.3, -0.25) is 0 Å². The molecule has 0 aliphatic heterocycles. The molecule has 0 saturated heterocycles. The number of hydrogen-bond acceptors (Lipinski definition) is 3. The van der Waals surface area contributed by atoms with Gasteiger partial charge in [0.15, 0.2) is 0 Å². The Morgan fingerprint density at radius 3 is 2.56 bits per heavy atom. The Morgan fingerprint density at radius 1 is 1.19 bits per heavy atom. The van der Waals surface area contributed by atoms with Crippen LogP contribution in [0.2, 0.25) is 0 Å². The average molecular weight is 213 g/mol. The van der Waals surface area contributed by atoms with Crippen LogP contribution in [0.5, 0.6) is 0 Å². The number of aromatic nitrogens is 2. The summed E-state index contributed by atoms with van der Waals surface area (Å²) in [6.07, 6.45) is 2.71. The molecule has 3 heteroatoms. The fourth-order valence-electron chi connectivity index (χ4n) is 1.82. The molecule has 1 saturated carbocycles. The van der Waals surface area contributed by atoms with E-state index in [1.807, 2.05) is 31.2 Å². The van der Waals surface area contributed by atoms with Crippen molar-refractivity contribution in [2.45, 2.75) is 19.8 Å². The molecule has 0 spiro atoms. The monoisotopic (exact) mass is 213 g/mol. The van der Waals surface area contributed by atoms with Crippen molar-refractivity contribution in [3.8, 4) is 0 Å². The van der Waals surface area contributed by atoms with Crippen LogP contribution < -0.4 is 5.32 Å². The van der Waals surface area contributed by atoms with Gasteiger partial charge in [-0.25, -0.2) is 9.97 Å². The lowest BCUT2D eigenvalue weighted by molar-refractivity contribution is 0.880. The molecule has 3 rings (SSSR count). The SMILES string of the molecule is Cc1nc2ccccc2nc1NCC1CC1. The zero-order valence-electron chi connectivity index (χ0n) is 9.40. The number of fused-ring (bicyclic) bond motifs is 1. The molecule has 1 aliphatic carbocycles. The summed E-state index contributed by atoms with van der Waals surface area (Å²) >= 11 is 0. The summed E-state index contributed by atoms with van der Waals surface area (Å²) in [6.45, 7) is 3.04. The van der Waals surface area contributed by atoms with Crippen molar-refractivity contribution in [3.63, 3.8) is 0 Å². The minimum absolute atomic E-state index is 0.854. The van der Waals surface area contributed by atoms with Crippen molar-refractivity contribution in [2.24, 2.45) is 5.92 Å². The zero-order valence-corrected chi connectivity index (χ0v) is 9.40. The predicted octanol–water partition coefficient (Wildman–Crippen LogP) is 2.76. The number of nitrogens with zero attached hydrogens (tertiary/aromatic N) is 2. The summed E-state index contributed by atoms with van der Waals surface area (Å²) in [5.74, 6) is 1.79. The highest BCUT2D eigenvalue weighted by atomic mass is 15.0. The fourth-order valence-corrected chi connectivity index (χ4v) is 1.82. The van der Waals surface area contributed by atoms with E-state index in [9.17, 15) is 0 Å². The van der Waals surface area contributed by atoms with Crippen molar-refractivity contribution in [2.75, 3.05) is 11.9 Å². The lowest BCUT2D eigenvalue weighted by Gasteiger charge is -2.08. The van der Waals surface area contributed by atoms with Crippen LogP contribution in [0.25, 0.3) is 11.0 Å². The highest BCUT2D eigenvalue weighted by Crippen LogP contribution is 2.29. The van der Waals surface area contributed by atoms with E-state index in [1.54, 1.807) is 0 Å². The molecule has 2 aromatic rings. The Morgan fingerprint density at radius 2 is 1.88 bits per heavy atom. The van der Waals surface area contributed by atoms with E-state index >= 15 is 0 Å². The molecule has 1 aromatic carbocycles. The second-order valence-electron chi connectivity index (χ2n) is 4.47. The molecule has 1 fully saturated rings. The Balaban J connectivity index is 1.93. The van der Waals surface area contributed by atoms with Gasteiger partial charge in [-0.05, 0) is 37.8 Å². The standard InChI is InChI=1S/C13H15N3/c1-9-13(14-8-10-6-7-10)16-12-5-3-2-4-11(12)15-9/h2-5,10H,6-8H2,1H3,(H,14,16). The molecule has 1 heterocycles. The predicted molar refractivity (Wildman–Crippen MR) is 65.5 cm³/mol. The van der Waals surface area contributed by atoms with Crippen molar-refractivity contribution >= 4 is 16.9 Å². The van der Waals surface area contributed by atoms with E-state index in [4.69, 9.17) is 0 Å². The molecule has 0 atom stereocenters. The van der Waals surface area contributed by atoms with Crippen LogP contribution in [0, 0.1) is 12.8 Å². The van der Waals surface area contributed by atoms with Gasteiger partial charge >= 0.3 is 0 Å². The summed E-state index contributed by atoms with van der Waals surface area (Å²) in [5, 5.41) is 3.39. The maximum absolute atomic E-state index is 4.60. The van der Waals surface area contributed by atoms with Crippen molar-refractivity contribution in [3.05, 3.63) is 30.0 Å². The van der Waals surface area contributed by atoms with Crippen LogP contribution in [0.4, 0.5) is 5.82 Å². The van der Waals surface area contributed by atoms with Crippen molar-refractivity contribution in [1.29, 1.82) is 0 Å². The molecule has 0 amide bonds. The van der Waals surface area contributed by atoms with Gasteiger partial charge < -0.3 is 5.32 Å². The lowest BCUT2D eigenvalue weighted by atomic mass is 10.3. The van der Waals surface area contributed by atoms with E-state index in [1.165, 1.54) is 12.8 Å². The topological polar surface area (TPSA) is 37.8 Å². The molecular weight excluding hydrogens is 198 g/mol. The van der Waals surface area contributed by atoms with Crippen molar-refractivity contribution < 1.29 is 0 Å². The second-order valence-corrected chi connectivity index (χ2v) is 4.47. The normalized spacial score (nSPS) is 15.3. The molecule has 82 valence electrons. The van der Waals surface area contributed by atoms with Gasteiger partial charge in [0.2, 0.25) is 0 Å². The van der Waals surface area contributed by atoms with E-state index in [0.29, 0.717) is 0 Å². The number of aryl methyl sites for hydroxylation is 1. The van der Waals surface area contributed by atoms with Crippen LogP contribution in [0.1, 0.15) is 18.5 Å². The first-order chi connectivity index (χ1) is 7.83. The van der Waals surface area contributed by atoms with Crippen LogP contribution in [0.3, 0.4) is 0 Å². The smallest absolute Gasteiger partial charge is 0.148 e. The maximum atomic E-state index is 4.60. The number of anilines is 1. The third-order valence-electron chi connectivity index (χ3n) is 3.00. The first-order valence-corrected chi connectivity index (χ1v) is 5.80. The number of rotatable bonds is 3. The van der Waals surface area contributed by atoms with Gasteiger partial charge in [-0.1, -0.05) is 12.1 Å². The second kappa shape index (κ2) is 3.74. The molecule has 3 nitrogen and oxygen atoms in total. The Labute approximate surface area is 94.9 Å². The van der Waals surface area contributed by atoms with E-state index in [-0.39, 0.29) is 0 Å². The quantitative estimate of drug-likeness (QED) is 0.852. The average Bonchev–Trinajstić information content (AvgIpc) is 3.10. The molecule has 1 aliphatic rings. The van der Waals surface area contributed by atoms with Crippen molar-refractivity contribution in [1.82, 2.24) is 9.97 Å². The largest absolute Gasteiger partial charge is 0.368 e. The first kappa shape index (κ1) is 9.58. The third-order valence-corrected chi connectivity index (χ3v) is 3.00. The Kier molecular flexibility index (Phi) is 2.24. The van der Waals surface area contributed by atoms with Crippen LogP contribution >= 0.6 is 0 Å². The van der Waals surface area contributed by atoms with E-state index in [0.717, 1.165) is 35.0 Å². The van der Waals surface area contributed by atoms with Gasteiger partial charge in [0.05, 0.1) is 16.7 Å². The van der Waals surface area contributed by atoms with Crippen LogP contribution in [0.15, 0.2) is 24.3 Å². The van der Waals surface area contributed by atoms with Gasteiger partial charge in [-0.15, -0.1) is 0 Å². The molecule has 0 radical (unpaired) electrons. The molecule has 1 aromatic heterocycles. The number of benzene rings is 1. The molecule has 1 N–H and O–H groups in total. The molecule has 16 heavy (non-hydrogen) atoms. The van der Waals surface area contributed by atoms with E-state index in [2.05, 4.69) is 15.3 Å². The van der Waals surface area contributed by atoms with Gasteiger partial charge in [-0.2, -0.15) is 0 Å². The highest BCUT2D eigenvalue weighted by Gasteiger charge is 2.21. The fraction of sp³-hybridized carbons (Fsp3) is 0.385. The number of hydrogen-bond donors (Lipinski definition) is 1. The summed E-state index contributed by atoms with van der Waals surface area (Å²) in [4.78, 5) is 9.15. The molecular formula is C13H15N3. The summed E-state index contributed by atoms with van der Waals surface area (Å²) in [5.41, 5.74) is 2.92. The minimum Gasteiger partial charge on any atom is -0.368 e. The van der Waals surface area contributed by atoms with Gasteiger partial charge in [0.25, 0.3) is 0 Å². The maximum Gasteiger partial charge on any atom is 0.148 e. The summed E-state index contributed by atoms with van der Waals surface area (Å²) in [7, 11) is 0. The highest BCUT2D eigenvalue weighted by molar-refractivity contribution is 5.76. The van der Waals surface area contributed by atoms with Gasteiger partial charge in [0, 0.05) is 6.54 Å². The number of nitrogens with one attached hydrogen (secondary N) is 1. The van der Waals surface area contributed by atoms with Gasteiger partial charge in [0.1, 0.15) is 5.82 Å². The third kappa shape index (κ3) is 1.85. The Bertz CT molecular complexity index is 518. The molecule has 0 unspecified atom stereocenters. The number of para-hydroxylation sites is 2. The zero-order chi connectivity index (χ0) is 11.0. The summed E-state index contributed by atoms with van der Waals surface area (Å²) < 4.78 is 0. The molecule has 0 bridgehead atoms. The Hall–Kier alpha value is -1.64. The van der Waals surface area contributed by atoms with E-state index < -0.39 is 0 Å². The minimum atomic E-state index is 0.854.